The van der Waals surface area contributed by atoms with Crippen LogP contribution in [0.5, 0.6) is 5.75 Å². The number of aromatic nitrogens is 1. The van der Waals surface area contributed by atoms with Gasteiger partial charge in [-0.1, -0.05) is 59.6 Å². The van der Waals surface area contributed by atoms with Gasteiger partial charge in [0, 0.05) is 10.4 Å². The van der Waals surface area contributed by atoms with Gasteiger partial charge in [-0.3, -0.25) is 9.69 Å². The molecule has 0 fully saturated rings. The van der Waals surface area contributed by atoms with Gasteiger partial charge in [-0.25, -0.2) is 4.98 Å². The van der Waals surface area contributed by atoms with Crippen molar-refractivity contribution in [2.75, 3.05) is 12.0 Å². The SMILES string of the molecule is COc1ccc(-c2nc(N(C(=O)Cc3ccccc3)c3cccc(Cl)c3Cl)sc2C)cc1. The normalized spacial score (nSPS) is 10.8. The van der Waals surface area contributed by atoms with Gasteiger partial charge in [0.25, 0.3) is 0 Å². The Balaban J connectivity index is 1.77. The van der Waals surface area contributed by atoms with E-state index in [1.165, 1.54) is 11.3 Å². The maximum Gasteiger partial charge on any atom is 0.237 e. The largest absolute Gasteiger partial charge is 0.497 e. The van der Waals surface area contributed by atoms with Crippen molar-refractivity contribution in [3.05, 3.63) is 93.3 Å². The van der Waals surface area contributed by atoms with Crippen LogP contribution in [0.4, 0.5) is 10.8 Å². The molecule has 162 valence electrons. The van der Waals surface area contributed by atoms with Crippen molar-refractivity contribution >= 4 is 51.3 Å². The topological polar surface area (TPSA) is 42.4 Å². The Bertz CT molecular complexity index is 1240. The zero-order chi connectivity index (χ0) is 22.7. The van der Waals surface area contributed by atoms with Gasteiger partial charge in [-0.05, 0) is 48.9 Å². The Morgan fingerprint density at radius 3 is 2.41 bits per heavy atom. The Hall–Kier alpha value is -2.86. The van der Waals surface area contributed by atoms with E-state index in [4.69, 9.17) is 32.9 Å². The molecule has 0 aliphatic rings. The quantitative estimate of drug-likeness (QED) is 0.288. The van der Waals surface area contributed by atoms with Crippen molar-refractivity contribution in [1.29, 1.82) is 0 Å². The summed E-state index contributed by atoms with van der Waals surface area (Å²) in [6, 6.07) is 22.5. The van der Waals surface area contributed by atoms with Crippen molar-refractivity contribution in [2.24, 2.45) is 0 Å². The summed E-state index contributed by atoms with van der Waals surface area (Å²) in [5, 5.41) is 1.23. The fourth-order valence-corrected chi connectivity index (χ4v) is 4.70. The highest BCUT2D eigenvalue weighted by Gasteiger charge is 2.26. The molecule has 0 aliphatic carbocycles. The van der Waals surface area contributed by atoms with E-state index in [1.54, 1.807) is 30.2 Å². The lowest BCUT2D eigenvalue weighted by Crippen LogP contribution is -2.27. The number of anilines is 2. The van der Waals surface area contributed by atoms with Crippen LogP contribution in [0.15, 0.2) is 72.8 Å². The van der Waals surface area contributed by atoms with Crippen LogP contribution in [0.25, 0.3) is 11.3 Å². The van der Waals surface area contributed by atoms with E-state index in [-0.39, 0.29) is 12.3 Å². The van der Waals surface area contributed by atoms with Gasteiger partial charge in [0.1, 0.15) is 5.75 Å². The lowest BCUT2D eigenvalue weighted by molar-refractivity contribution is -0.117. The molecular weight excluding hydrogens is 463 g/mol. The molecule has 0 bridgehead atoms. The minimum atomic E-state index is -0.143. The maximum absolute atomic E-state index is 13.5. The molecule has 0 atom stereocenters. The molecular formula is C25H20Cl2N2O2S. The van der Waals surface area contributed by atoms with Crippen molar-refractivity contribution in [2.45, 2.75) is 13.3 Å². The van der Waals surface area contributed by atoms with Crippen molar-refractivity contribution in [3.63, 3.8) is 0 Å². The predicted molar refractivity (Wildman–Crippen MR) is 133 cm³/mol. The van der Waals surface area contributed by atoms with E-state index in [2.05, 4.69) is 0 Å². The summed E-state index contributed by atoms with van der Waals surface area (Å²) >= 11 is 14.2. The van der Waals surface area contributed by atoms with Crippen LogP contribution >= 0.6 is 34.5 Å². The first-order valence-electron chi connectivity index (χ1n) is 9.90. The summed E-state index contributed by atoms with van der Waals surface area (Å²) in [5.41, 5.74) is 3.17. The van der Waals surface area contributed by atoms with E-state index < -0.39 is 0 Å². The lowest BCUT2D eigenvalue weighted by atomic mass is 10.1. The van der Waals surface area contributed by atoms with Gasteiger partial charge < -0.3 is 4.74 Å². The Morgan fingerprint density at radius 2 is 1.72 bits per heavy atom. The Labute approximate surface area is 201 Å². The highest BCUT2D eigenvalue weighted by Crippen LogP contribution is 2.41. The molecule has 0 spiro atoms. The number of aryl methyl sites for hydroxylation is 1. The molecule has 4 aromatic rings. The number of methoxy groups -OCH3 is 1. The third-order valence-corrected chi connectivity index (χ3v) is 6.72. The molecule has 4 nitrogen and oxygen atoms in total. The van der Waals surface area contributed by atoms with Gasteiger partial charge in [0.15, 0.2) is 5.13 Å². The Morgan fingerprint density at radius 1 is 1.00 bits per heavy atom. The predicted octanol–water partition coefficient (Wildman–Crippen LogP) is 7.34. The summed E-state index contributed by atoms with van der Waals surface area (Å²) in [4.78, 5) is 20.9. The molecule has 0 aliphatic heterocycles. The van der Waals surface area contributed by atoms with E-state index in [9.17, 15) is 4.79 Å². The number of hydrogen-bond donors (Lipinski definition) is 0. The summed E-state index contributed by atoms with van der Waals surface area (Å²) in [6.45, 7) is 1.99. The van der Waals surface area contributed by atoms with Crippen molar-refractivity contribution in [1.82, 2.24) is 4.98 Å². The fraction of sp³-hybridized carbons (Fsp3) is 0.120. The number of halogens is 2. The minimum Gasteiger partial charge on any atom is -0.497 e. The minimum absolute atomic E-state index is 0.143. The number of ether oxygens (including phenoxy) is 1. The van der Waals surface area contributed by atoms with Gasteiger partial charge in [0.05, 0.1) is 35.0 Å². The summed E-state index contributed by atoms with van der Waals surface area (Å²) in [6.07, 6.45) is 0.209. The second-order valence-electron chi connectivity index (χ2n) is 7.09. The van der Waals surface area contributed by atoms with E-state index in [0.717, 1.165) is 27.4 Å². The molecule has 0 saturated carbocycles. The molecule has 1 amide bonds. The molecule has 3 aromatic carbocycles. The first-order valence-corrected chi connectivity index (χ1v) is 11.5. The van der Waals surface area contributed by atoms with Crippen LogP contribution in [0.2, 0.25) is 10.0 Å². The zero-order valence-electron chi connectivity index (χ0n) is 17.5. The molecule has 32 heavy (non-hydrogen) atoms. The molecule has 1 aromatic heterocycles. The molecule has 0 saturated heterocycles. The van der Waals surface area contributed by atoms with Crippen LogP contribution < -0.4 is 9.64 Å². The number of nitrogens with zero attached hydrogens (tertiary/aromatic N) is 2. The number of thiazole rings is 1. The third kappa shape index (κ3) is 4.65. The standard InChI is InChI=1S/C25H20Cl2N2O2S/c1-16-24(18-11-13-19(31-2)14-12-18)28-25(32-16)29(21-10-6-9-20(26)23(21)27)22(30)15-17-7-4-3-5-8-17/h3-14H,15H2,1-2H3. The van der Waals surface area contributed by atoms with Crippen LogP contribution in [0, 0.1) is 6.92 Å². The zero-order valence-corrected chi connectivity index (χ0v) is 19.8. The fourth-order valence-electron chi connectivity index (χ4n) is 3.35. The van der Waals surface area contributed by atoms with Crippen LogP contribution in [0.1, 0.15) is 10.4 Å². The average molecular weight is 483 g/mol. The number of carbonyl (C=O) groups is 1. The number of benzene rings is 3. The second-order valence-corrected chi connectivity index (χ2v) is 9.06. The highest BCUT2D eigenvalue weighted by molar-refractivity contribution is 7.16. The Kier molecular flexibility index (Phi) is 6.80. The van der Waals surface area contributed by atoms with Crippen LogP contribution in [-0.2, 0) is 11.2 Å². The first-order chi connectivity index (χ1) is 15.5. The van der Waals surface area contributed by atoms with Gasteiger partial charge in [-0.2, -0.15) is 0 Å². The van der Waals surface area contributed by atoms with Crippen molar-refractivity contribution < 1.29 is 9.53 Å². The monoisotopic (exact) mass is 482 g/mol. The number of rotatable bonds is 6. The number of carbonyl (C=O) groups excluding carboxylic acids is 1. The van der Waals surface area contributed by atoms with Crippen molar-refractivity contribution in [3.8, 4) is 17.0 Å². The summed E-state index contributed by atoms with van der Waals surface area (Å²) in [7, 11) is 1.63. The van der Waals surface area contributed by atoms with Gasteiger partial charge in [0.2, 0.25) is 5.91 Å². The van der Waals surface area contributed by atoms with Gasteiger partial charge >= 0.3 is 0 Å². The average Bonchev–Trinajstić information content (AvgIpc) is 3.18. The van der Waals surface area contributed by atoms with Crippen LogP contribution in [-0.4, -0.2) is 18.0 Å². The van der Waals surface area contributed by atoms with Crippen LogP contribution in [0.3, 0.4) is 0 Å². The summed E-state index contributed by atoms with van der Waals surface area (Å²) in [5.74, 6) is 0.627. The number of amides is 1. The van der Waals surface area contributed by atoms with E-state index in [1.807, 2.05) is 61.5 Å². The van der Waals surface area contributed by atoms with Gasteiger partial charge in [-0.15, -0.1) is 11.3 Å². The second kappa shape index (κ2) is 9.74. The summed E-state index contributed by atoms with van der Waals surface area (Å²) < 4.78 is 5.25. The van der Waals surface area contributed by atoms with E-state index in [0.29, 0.717) is 20.9 Å². The molecule has 0 unspecified atom stereocenters. The number of hydrogen-bond acceptors (Lipinski definition) is 4. The molecule has 7 heteroatoms. The molecule has 1 heterocycles. The molecule has 0 radical (unpaired) electrons. The molecule has 0 N–H and O–H groups in total. The smallest absolute Gasteiger partial charge is 0.237 e. The molecule has 4 rings (SSSR count). The first kappa shape index (κ1) is 22.3. The lowest BCUT2D eigenvalue weighted by Gasteiger charge is -2.22. The van der Waals surface area contributed by atoms with E-state index >= 15 is 0 Å². The third-order valence-electron chi connectivity index (χ3n) is 4.96. The highest BCUT2D eigenvalue weighted by atomic mass is 35.5. The maximum atomic E-state index is 13.5.